The smallest absolute Gasteiger partial charge is 0.261 e. The van der Waals surface area contributed by atoms with E-state index in [0.29, 0.717) is 6.61 Å². The molecule has 3 nitrogen and oxygen atoms in total. The molecule has 222 valence electrons. The van der Waals surface area contributed by atoms with E-state index in [1.165, 1.54) is 15.6 Å². The first-order valence-electron chi connectivity index (χ1n) is 15.1. The van der Waals surface area contributed by atoms with E-state index in [1.807, 2.05) is 6.92 Å². The van der Waals surface area contributed by atoms with Crippen molar-refractivity contribution in [3.8, 4) is 0 Å². The molecule has 3 aromatic rings. The zero-order chi connectivity index (χ0) is 30.3. The molecule has 0 heterocycles. The molecular weight excluding hydrogens is 537 g/mol. The third-order valence-corrected chi connectivity index (χ3v) is 18.0. The summed E-state index contributed by atoms with van der Waals surface area (Å²) in [4.78, 5) is 0. The van der Waals surface area contributed by atoms with Crippen LogP contribution in [0.4, 0.5) is 0 Å². The van der Waals surface area contributed by atoms with Crippen molar-refractivity contribution in [2.75, 3.05) is 13.7 Å². The molecule has 0 aromatic heterocycles. The lowest BCUT2D eigenvalue weighted by atomic mass is 9.88. The molecule has 0 bridgehead atoms. The fourth-order valence-electron chi connectivity index (χ4n) is 6.65. The number of rotatable bonds is 13. The molecule has 0 saturated heterocycles. The minimum absolute atomic E-state index is 0.0624. The number of hydrogen-bond donors (Lipinski definition) is 1. The third-order valence-electron chi connectivity index (χ3n) is 8.99. The minimum atomic E-state index is -2.66. The van der Waals surface area contributed by atoms with Gasteiger partial charge in [0.05, 0.1) is 20.3 Å². The summed E-state index contributed by atoms with van der Waals surface area (Å²) < 4.78 is 13.4. The molecule has 5 atom stereocenters. The van der Waals surface area contributed by atoms with Crippen LogP contribution < -0.4 is 15.6 Å². The highest BCUT2D eigenvalue weighted by Gasteiger charge is 2.51. The lowest BCUT2D eigenvalue weighted by molar-refractivity contribution is -0.0429. The second-order valence-corrected chi connectivity index (χ2v) is 22.1. The summed E-state index contributed by atoms with van der Waals surface area (Å²) in [5.41, 5.74) is 0.0624. The second-order valence-electron chi connectivity index (χ2n) is 13.1. The quantitative estimate of drug-likeness (QED) is 0.177. The highest BCUT2D eigenvalue weighted by atomic mass is 28.4. The van der Waals surface area contributed by atoms with E-state index in [-0.39, 0.29) is 28.5 Å². The Hall–Kier alpha value is -2.29. The Labute approximate surface area is 251 Å². The maximum absolute atomic E-state index is 11.9. The minimum Gasteiger partial charge on any atom is -0.407 e. The molecule has 0 spiro atoms. The molecule has 0 unspecified atom stereocenters. The standard InChI is InChI=1S/C36H52O3Si2/c1-10-20-33(40(8,9)30-21-14-11-15-22-30)34(37)29(3)35(38-7)28(2)27-39-41(36(4,5)6,31-23-16-12-17-24-31)32-25-18-13-19-26-32/h10-26,28-29,33-35,37H,27H2,1-9H3/b20-10-/t28-,29-,33-,34+,35+/m0/s1. The van der Waals surface area contributed by atoms with Crippen molar-refractivity contribution in [1.29, 1.82) is 0 Å². The van der Waals surface area contributed by atoms with E-state index in [4.69, 9.17) is 9.16 Å². The predicted molar refractivity (Wildman–Crippen MR) is 181 cm³/mol. The third kappa shape index (κ3) is 7.20. The van der Waals surface area contributed by atoms with Gasteiger partial charge in [-0.05, 0) is 22.3 Å². The molecule has 0 aliphatic rings. The highest BCUT2D eigenvalue weighted by molar-refractivity contribution is 6.99. The lowest BCUT2D eigenvalue weighted by Gasteiger charge is -2.44. The molecule has 41 heavy (non-hydrogen) atoms. The molecule has 0 radical (unpaired) electrons. The van der Waals surface area contributed by atoms with Gasteiger partial charge in [0.1, 0.15) is 0 Å². The Kier molecular flexibility index (Phi) is 11.6. The van der Waals surface area contributed by atoms with Gasteiger partial charge in [0.15, 0.2) is 0 Å². The number of aliphatic hydroxyl groups excluding tert-OH is 1. The number of aliphatic hydroxyl groups is 1. The van der Waals surface area contributed by atoms with Crippen LogP contribution in [0.3, 0.4) is 0 Å². The summed E-state index contributed by atoms with van der Waals surface area (Å²) in [6, 6.07) is 32.3. The first kappa shape index (κ1) is 33.2. The van der Waals surface area contributed by atoms with Gasteiger partial charge >= 0.3 is 0 Å². The largest absolute Gasteiger partial charge is 0.407 e. The van der Waals surface area contributed by atoms with E-state index in [1.54, 1.807) is 7.11 Å². The van der Waals surface area contributed by atoms with E-state index in [2.05, 4.69) is 151 Å². The summed E-state index contributed by atoms with van der Waals surface area (Å²) in [5, 5.41) is 15.8. The number of methoxy groups -OCH3 is 1. The Balaban J connectivity index is 1.92. The van der Waals surface area contributed by atoms with Crippen LogP contribution in [-0.4, -0.2) is 47.4 Å². The van der Waals surface area contributed by atoms with Crippen LogP contribution in [0.15, 0.2) is 103 Å². The van der Waals surface area contributed by atoms with Crippen LogP contribution in [0.1, 0.15) is 41.5 Å². The zero-order valence-electron chi connectivity index (χ0n) is 26.7. The summed E-state index contributed by atoms with van der Waals surface area (Å²) in [7, 11) is -2.92. The Bertz CT molecular complexity index is 1170. The highest BCUT2D eigenvalue weighted by Crippen LogP contribution is 2.38. The summed E-state index contributed by atoms with van der Waals surface area (Å²) in [5.74, 6) is 0.00787. The molecule has 0 aliphatic heterocycles. The fraction of sp³-hybridized carbons (Fsp3) is 0.444. The van der Waals surface area contributed by atoms with E-state index < -0.39 is 22.5 Å². The normalized spacial score (nSPS) is 16.7. The van der Waals surface area contributed by atoms with Gasteiger partial charge in [-0.1, -0.05) is 156 Å². The molecule has 0 fully saturated rings. The van der Waals surface area contributed by atoms with Crippen LogP contribution >= 0.6 is 0 Å². The first-order valence-corrected chi connectivity index (χ1v) is 20.0. The Morgan fingerprint density at radius 3 is 1.61 bits per heavy atom. The first-order chi connectivity index (χ1) is 19.4. The predicted octanol–water partition coefficient (Wildman–Crippen LogP) is 6.77. The van der Waals surface area contributed by atoms with Crippen LogP contribution in [0, 0.1) is 11.8 Å². The van der Waals surface area contributed by atoms with Crippen molar-refractivity contribution in [3.63, 3.8) is 0 Å². The van der Waals surface area contributed by atoms with Gasteiger partial charge in [-0.25, -0.2) is 0 Å². The summed E-state index contributed by atoms with van der Waals surface area (Å²) in [6.45, 7) is 18.6. The average molecular weight is 589 g/mol. The van der Waals surface area contributed by atoms with E-state index >= 15 is 0 Å². The van der Waals surface area contributed by atoms with Crippen molar-refractivity contribution in [2.24, 2.45) is 11.8 Å². The molecule has 0 amide bonds. The lowest BCUT2D eigenvalue weighted by Crippen LogP contribution is -2.67. The molecule has 5 heteroatoms. The molecule has 3 aromatic carbocycles. The van der Waals surface area contributed by atoms with Gasteiger partial charge in [-0.3, -0.25) is 0 Å². The van der Waals surface area contributed by atoms with Gasteiger partial charge < -0.3 is 14.3 Å². The van der Waals surface area contributed by atoms with Crippen molar-refractivity contribution >= 4 is 32.0 Å². The van der Waals surface area contributed by atoms with Crippen LogP contribution in [0.5, 0.6) is 0 Å². The van der Waals surface area contributed by atoms with Gasteiger partial charge in [0.2, 0.25) is 0 Å². The van der Waals surface area contributed by atoms with Crippen LogP contribution in [0.25, 0.3) is 0 Å². The van der Waals surface area contributed by atoms with Crippen molar-refractivity contribution < 1.29 is 14.3 Å². The SMILES string of the molecule is C/C=C\[C@@H]([C@H](O)[C@H](C)[C@H](OC)[C@@H](C)CO[Si](c1ccccc1)(c1ccccc1)C(C)(C)C)[Si](C)(C)c1ccccc1. The van der Waals surface area contributed by atoms with Gasteiger partial charge in [-0.2, -0.15) is 0 Å². The topological polar surface area (TPSA) is 38.7 Å². The van der Waals surface area contributed by atoms with Crippen LogP contribution in [0.2, 0.25) is 23.7 Å². The van der Waals surface area contributed by atoms with Crippen LogP contribution in [-0.2, 0) is 9.16 Å². The Morgan fingerprint density at radius 2 is 1.22 bits per heavy atom. The number of hydrogen-bond acceptors (Lipinski definition) is 3. The average Bonchev–Trinajstić information content (AvgIpc) is 2.97. The van der Waals surface area contributed by atoms with Gasteiger partial charge in [0, 0.05) is 31.1 Å². The molecule has 3 rings (SSSR count). The maximum atomic E-state index is 11.9. The number of ether oxygens (including phenoxy) is 1. The fourth-order valence-corrected chi connectivity index (χ4v) is 14.6. The molecular formula is C36H52O3Si2. The monoisotopic (exact) mass is 588 g/mol. The Morgan fingerprint density at radius 1 is 0.780 bits per heavy atom. The maximum Gasteiger partial charge on any atom is 0.261 e. The van der Waals surface area contributed by atoms with E-state index in [9.17, 15) is 5.11 Å². The van der Waals surface area contributed by atoms with Gasteiger partial charge in [0.25, 0.3) is 8.32 Å². The molecule has 0 aliphatic carbocycles. The van der Waals surface area contributed by atoms with E-state index in [0.717, 1.165) is 0 Å². The van der Waals surface area contributed by atoms with Crippen molar-refractivity contribution in [1.82, 2.24) is 0 Å². The second kappa shape index (κ2) is 14.3. The van der Waals surface area contributed by atoms with Gasteiger partial charge in [-0.15, -0.1) is 0 Å². The molecule has 1 N–H and O–H groups in total. The molecule has 0 saturated carbocycles. The van der Waals surface area contributed by atoms with Crippen molar-refractivity contribution in [2.45, 2.75) is 77.4 Å². The number of allylic oxidation sites excluding steroid dienone is 1. The summed E-state index contributed by atoms with van der Waals surface area (Å²) >= 11 is 0. The summed E-state index contributed by atoms with van der Waals surface area (Å²) in [6.07, 6.45) is 3.62. The zero-order valence-corrected chi connectivity index (χ0v) is 28.7. The van der Waals surface area contributed by atoms with Crippen molar-refractivity contribution in [3.05, 3.63) is 103 Å². The number of benzene rings is 3.